The fourth-order valence-electron chi connectivity index (χ4n) is 1.47. The van der Waals surface area contributed by atoms with Gasteiger partial charge in [-0.05, 0) is 25.2 Å². The van der Waals surface area contributed by atoms with E-state index in [-0.39, 0.29) is 6.10 Å². The number of nitrogens with two attached hydrogens (primary N) is 1. The Morgan fingerprint density at radius 2 is 2.45 bits per heavy atom. The van der Waals surface area contributed by atoms with Crippen LogP contribution >= 0.6 is 0 Å². The minimum atomic E-state index is -0.332. The van der Waals surface area contributed by atoms with Crippen molar-refractivity contribution >= 4 is 0 Å². The highest BCUT2D eigenvalue weighted by atomic mass is 16.5. The van der Waals surface area contributed by atoms with Crippen LogP contribution in [0.1, 0.15) is 19.3 Å². The summed E-state index contributed by atoms with van der Waals surface area (Å²) in [4.78, 5) is 0. The monoisotopic (exact) mass is 159 g/mol. The average Bonchev–Trinajstić information content (AvgIpc) is 2.06. The fraction of sp³-hybridized carbons (Fsp3) is 1.00. The predicted octanol–water partition coefficient (Wildman–Crippen LogP) is 0.123. The molecule has 3 nitrogen and oxygen atoms in total. The molecule has 1 rings (SSSR count). The van der Waals surface area contributed by atoms with Crippen LogP contribution in [-0.4, -0.2) is 31.0 Å². The molecule has 3 heteroatoms. The van der Waals surface area contributed by atoms with Gasteiger partial charge in [-0.15, -0.1) is 0 Å². The molecule has 1 heterocycles. The smallest absolute Gasteiger partial charge is 0.0665 e. The normalized spacial score (nSPS) is 28.4. The van der Waals surface area contributed by atoms with E-state index in [2.05, 4.69) is 0 Å². The molecule has 1 aliphatic heterocycles. The molecule has 2 atom stereocenters. The largest absolute Gasteiger partial charge is 0.392 e. The van der Waals surface area contributed by atoms with Crippen LogP contribution in [0.3, 0.4) is 0 Å². The molecular weight excluding hydrogens is 142 g/mol. The van der Waals surface area contributed by atoms with E-state index in [0.29, 0.717) is 12.5 Å². The van der Waals surface area contributed by atoms with Gasteiger partial charge in [-0.3, -0.25) is 0 Å². The lowest BCUT2D eigenvalue weighted by molar-refractivity contribution is 0.0309. The zero-order chi connectivity index (χ0) is 8.10. The number of rotatable bonds is 3. The molecule has 0 aromatic carbocycles. The molecule has 1 fully saturated rings. The maximum Gasteiger partial charge on any atom is 0.0665 e. The number of aliphatic hydroxyl groups is 1. The summed E-state index contributed by atoms with van der Waals surface area (Å²) in [6, 6.07) is 0. The molecule has 66 valence electrons. The van der Waals surface area contributed by atoms with Crippen LogP contribution in [0, 0.1) is 5.92 Å². The summed E-state index contributed by atoms with van der Waals surface area (Å²) in [5, 5.41) is 9.23. The third-order valence-corrected chi connectivity index (χ3v) is 2.13. The molecule has 1 saturated heterocycles. The first kappa shape index (κ1) is 8.97. The van der Waals surface area contributed by atoms with Crippen LogP contribution in [0.4, 0.5) is 0 Å². The third-order valence-electron chi connectivity index (χ3n) is 2.13. The Labute approximate surface area is 67.5 Å². The second-order valence-electron chi connectivity index (χ2n) is 3.21. The highest BCUT2D eigenvalue weighted by Gasteiger charge is 2.16. The molecule has 3 N–H and O–H groups in total. The Morgan fingerprint density at radius 1 is 1.64 bits per heavy atom. The van der Waals surface area contributed by atoms with E-state index in [1.54, 1.807) is 0 Å². The first-order valence-corrected chi connectivity index (χ1v) is 4.29. The summed E-state index contributed by atoms with van der Waals surface area (Å²) >= 11 is 0. The van der Waals surface area contributed by atoms with Gasteiger partial charge in [-0.2, -0.15) is 0 Å². The summed E-state index contributed by atoms with van der Waals surface area (Å²) < 4.78 is 5.28. The molecule has 0 saturated carbocycles. The van der Waals surface area contributed by atoms with E-state index in [0.717, 1.165) is 26.1 Å². The lowest BCUT2D eigenvalue weighted by Gasteiger charge is -2.23. The highest BCUT2D eigenvalue weighted by Crippen LogP contribution is 2.18. The van der Waals surface area contributed by atoms with Crippen molar-refractivity contribution < 1.29 is 9.84 Å². The van der Waals surface area contributed by atoms with Gasteiger partial charge >= 0.3 is 0 Å². The summed E-state index contributed by atoms with van der Waals surface area (Å²) in [7, 11) is 0. The fourth-order valence-corrected chi connectivity index (χ4v) is 1.47. The quantitative estimate of drug-likeness (QED) is 0.615. The minimum absolute atomic E-state index is 0.332. The molecule has 2 unspecified atom stereocenters. The van der Waals surface area contributed by atoms with E-state index in [4.69, 9.17) is 10.5 Å². The van der Waals surface area contributed by atoms with Crippen molar-refractivity contribution in [2.75, 3.05) is 19.8 Å². The van der Waals surface area contributed by atoms with Gasteiger partial charge < -0.3 is 15.6 Å². The van der Waals surface area contributed by atoms with Crippen LogP contribution < -0.4 is 5.73 Å². The van der Waals surface area contributed by atoms with Gasteiger partial charge in [0.1, 0.15) is 0 Å². The molecule has 0 aliphatic carbocycles. The van der Waals surface area contributed by atoms with Gasteiger partial charge in [0.25, 0.3) is 0 Å². The number of aliphatic hydroxyl groups excluding tert-OH is 1. The Morgan fingerprint density at radius 3 is 3.00 bits per heavy atom. The summed E-state index contributed by atoms with van der Waals surface area (Å²) in [6.07, 6.45) is 2.77. The Bertz CT molecular complexity index is 102. The van der Waals surface area contributed by atoms with Crippen LogP contribution in [0.2, 0.25) is 0 Å². The predicted molar refractivity (Wildman–Crippen MR) is 43.2 cm³/mol. The van der Waals surface area contributed by atoms with Crippen molar-refractivity contribution in [3.63, 3.8) is 0 Å². The van der Waals surface area contributed by atoms with Crippen molar-refractivity contribution in [3.05, 3.63) is 0 Å². The zero-order valence-corrected chi connectivity index (χ0v) is 6.83. The van der Waals surface area contributed by atoms with E-state index >= 15 is 0 Å². The zero-order valence-electron chi connectivity index (χ0n) is 6.83. The van der Waals surface area contributed by atoms with E-state index < -0.39 is 0 Å². The standard InChI is InChI=1S/C8H17NO2/c9-5-8(10)4-7-2-1-3-11-6-7/h7-8,10H,1-6,9H2. The van der Waals surface area contributed by atoms with Crippen molar-refractivity contribution in [1.29, 1.82) is 0 Å². The van der Waals surface area contributed by atoms with Gasteiger partial charge in [0.2, 0.25) is 0 Å². The number of ether oxygens (including phenoxy) is 1. The Hall–Kier alpha value is -0.120. The summed E-state index contributed by atoms with van der Waals surface area (Å²) in [5.41, 5.74) is 5.30. The van der Waals surface area contributed by atoms with Gasteiger partial charge in [0.05, 0.1) is 6.10 Å². The number of hydrogen-bond donors (Lipinski definition) is 2. The number of hydrogen-bond acceptors (Lipinski definition) is 3. The molecule has 0 bridgehead atoms. The van der Waals surface area contributed by atoms with Crippen LogP contribution in [0.25, 0.3) is 0 Å². The third kappa shape index (κ3) is 3.18. The van der Waals surface area contributed by atoms with E-state index in [1.807, 2.05) is 0 Å². The van der Waals surface area contributed by atoms with E-state index in [9.17, 15) is 5.11 Å². The van der Waals surface area contributed by atoms with Crippen LogP contribution in [0.15, 0.2) is 0 Å². The second kappa shape index (κ2) is 4.70. The Kier molecular flexibility index (Phi) is 3.83. The molecule has 0 spiro atoms. The van der Waals surface area contributed by atoms with Gasteiger partial charge in [-0.1, -0.05) is 0 Å². The van der Waals surface area contributed by atoms with Crippen molar-refractivity contribution in [3.8, 4) is 0 Å². The minimum Gasteiger partial charge on any atom is -0.392 e. The second-order valence-corrected chi connectivity index (χ2v) is 3.21. The van der Waals surface area contributed by atoms with Crippen molar-refractivity contribution in [2.24, 2.45) is 11.7 Å². The lowest BCUT2D eigenvalue weighted by atomic mass is 9.96. The Balaban J connectivity index is 2.13. The summed E-state index contributed by atoms with van der Waals surface area (Å²) in [5.74, 6) is 0.530. The van der Waals surface area contributed by atoms with Crippen molar-refractivity contribution in [2.45, 2.75) is 25.4 Å². The maximum atomic E-state index is 9.23. The molecule has 11 heavy (non-hydrogen) atoms. The summed E-state index contributed by atoms with van der Waals surface area (Å²) in [6.45, 7) is 2.06. The van der Waals surface area contributed by atoms with Crippen LogP contribution in [-0.2, 0) is 4.74 Å². The average molecular weight is 159 g/mol. The lowest BCUT2D eigenvalue weighted by Crippen LogP contribution is -2.27. The highest BCUT2D eigenvalue weighted by molar-refractivity contribution is 4.68. The van der Waals surface area contributed by atoms with E-state index in [1.165, 1.54) is 6.42 Å². The van der Waals surface area contributed by atoms with Gasteiger partial charge in [-0.25, -0.2) is 0 Å². The first-order valence-electron chi connectivity index (χ1n) is 4.29. The molecule has 0 aromatic heterocycles. The SMILES string of the molecule is NCC(O)CC1CCCOC1. The molecular formula is C8H17NO2. The van der Waals surface area contributed by atoms with Crippen molar-refractivity contribution in [1.82, 2.24) is 0 Å². The topological polar surface area (TPSA) is 55.5 Å². The maximum absolute atomic E-state index is 9.23. The molecule has 0 amide bonds. The van der Waals surface area contributed by atoms with Crippen LogP contribution in [0.5, 0.6) is 0 Å². The molecule has 0 aromatic rings. The van der Waals surface area contributed by atoms with Gasteiger partial charge in [0.15, 0.2) is 0 Å². The first-order chi connectivity index (χ1) is 5.33. The molecule has 1 aliphatic rings. The van der Waals surface area contributed by atoms with Gasteiger partial charge in [0, 0.05) is 19.8 Å². The molecule has 0 radical (unpaired) electrons.